The van der Waals surface area contributed by atoms with Crippen LogP contribution in [0.5, 0.6) is 0 Å². The van der Waals surface area contributed by atoms with Crippen LogP contribution in [0.3, 0.4) is 0 Å². The molecule has 1 atom stereocenters. The molecule has 2 nitrogen and oxygen atoms in total. The van der Waals surface area contributed by atoms with Crippen molar-refractivity contribution >= 4 is 5.69 Å². The molecule has 0 aliphatic carbocycles. The maximum atomic E-state index is 13.2. The van der Waals surface area contributed by atoms with Crippen molar-refractivity contribution in [2.45, 2.75) is 32.3 Å². The molecular weight excluding hydrogens is 265 g/mol. The molecule has 0 saturated carbocycles. The molecule has 2 rings (SSSR count). The summed E-state index contributed by atoms with van der Waals surface area (Å²) in [5.74, 6) is -0.332. The minimum atomic E-state index is -0.742. The van der Waals surface area contributed by atoms with E-state index in [4.69, 9.17) is 0 Å². The zero-order valence-electron chi connectivity index (χ0n) is 12.7. The van der Waals surface area contributed by atoms with Crippen molar-refractivity contribution in [1.82, 2.24) is 0 Å². The van der Waals surface area contributed by atoms with E-state index in [0.717, 1.165) is 5.69 Å². The second-order valence-electron chi connectivity index (χ2n) is 6.25. The summed E-state index contributed by atoms with van der Waals surface area (Å²) in [5, 5.41) is 13.4. The van der Waals surface area contributed by atoms with Gasteiger partial charge >= 0.3 is 0 Å². The monoisotopic (exact) mass is 287 g/mol. The third-order valence-electron chi connectivity index (χ3n) is 3.45. The zero-order valence-corrected chi connectivity index (χ0v) is 12.7. The van der Waals surface area contributed by atoms with Gasteiger partial charge in [0.25, 0.3) is 0 Å². The number of rotatable bonds is 4. The van der Waals surface area contributed by atoms with Crippen molar-refractivity contribution in [1.29, 1.82) is 0 Å². The van der Waals surface area contributed by atoms with Crippen molar-refractivity contribution in [3.63, 3.8) is 0 Å². The van der Waals surface area contributed by atoms with E-state index >= 15 is 0 Å². The topological polar surface area (TPSA) is 32.3 Å². The van der Waals surface area contributed by atoms with Crippen molar-refractivity contribution < 1.29 is 9.50 Å². The van der Waals surface area contributed by atoms with Gasteiger partial charge in [-0.05, 0) is 34.7 Å². The molecule has 0 heterocycles. The van der Waals surface area contributed by atoms with Crippen LogP contribution in [-0.2, 0) is 5.41 Å². The minimum absolute atomic E-state index is 0.0212. The van der Waals surface area contributed by atoms with Gasteiger partial charge in [-0.2, -0.15) is 0 Å². The molecule has 1 unspecified atom stereocenters. The molecule has 0 aliphatic heterocycles. The zero-order chi connectivity index (χ0) is 15.5. The molecule has 3 heteroatoms. The third-order valence-corrected chi connectivity index (χ3v) is 3.45. The number of aliphatic hydroxyl groups excluding tert-OH is 1. The maximum Gasteiger partial charge on any atom is 0.123 e. The Hall–Kier alpha value is -1.87. The Balaban J connectivity index is 2.10. The Kier molecular flexibility index (Phi) is 4.63. The molecule has 0 radical (unpaired) electrons. The number of para-hydroxylation sites is 1. The minimum Gasteiger partial charge on any atom is -0.387 e. The first-order valence-electron chi connectivity index (χ1n) is 7.15. The molecule has 0 aromatic heterocycles. The number of benzene rings is 2. The summed E-state index contributed by atoms with van der Waals surface area (Å²) in [6, 6.07) is 14.1. The number of nitrogens with one attached hydrogen (secondary N) is 1. The first-order chi connectivity index (χ1) is 9.88. The smallest absolute Gasteiger partial charge is 0.123 e. The lowest BCUT2D eigenvalue weighted by Crippen LogP contribution is -2.18. The Bertz CT molecular complexity index is 604. The summed E-state index contributed by atoms with van der Waals surface area (Å²) >= 11 is 0. The lowest BCUT2D eigenvalue weighted by Gasteiger charge is -2.24. The van der Waals surface area contributed by atoms with Crippen LogP contribution in [0, 0.1) is 5.82 Å². The average molecular weight is 287 g/mol. The van der Waals surface area contributed by atoms with Crippen LogP contribution in [0.15, 0.2) is 48.5 Å². The highest BCUT2D eigenvalue weighted by atomic mass is 19.1. The quantitative estimate of drug-likeness (QED) is 0.880. The Morgan fingerprint density at radius 2 is 1.81 bits per heavy atom. The maximum absolute atomic E-state index is 13.2. The fraction of sp³-hybridized carbons (Fsp3) is 0.333. The van der Waals surface area contributed by atoms with Gasteiger partial charge in [0.1, 0.15) is 5.82 Å². The van der Waals surface area contributed by atoms with Crippen molar-refractivity contribution in [2.75, 3.05) is 11.9 Å². The summed E-state index contributed by atoms with van der Waals surface area (Å²) in [5.41, 5.74) is 2.79. The van der Waals surface area contributed by atoms with Crippen LogP contribution >= 0.6 is 0 Å². The van der Waals surface area contributed by atoms with E-state index in [2.05, 4.69) is 32.2 Å². The van der Waals surface area contributed by atoms with Gasteiger partial charge < -0.3 is 10.4 Å². The molecule has 0 fully saturated rings. The summed E-state index contributed by atoms with van der Waals surface area (Å²) < 4.78 is 13.2. The standard InChI is InChI=1S/C18H22FNO/c1-18(2,3)15-9-4-5-10-16(15)20-12-17(21)13-7-6-8-14(19)11-13/h4-11,17,20-21H,12H2,1-3H3. The van der Waals surface area contributed by atoms with Gasteiger partial charge in [0.15, 0.2) is 0 Å². The third kappa shape index (κ3) is 4.05. The molecular formula is C18H22FNO. The highest BCUT2D eigenvalue weighted by molar-refractivity contribution is 5.54. The summed E-state index contributed by atoms with van der Waals surface area (Å²) in [7, 11) is 0. The Morgan fingerprint density at radius 1 is 1.10 bits per heavy atom. The van der Waals surface area contributed by atoms with Gasteiger partial charge in [-0.3, -0.25) is 0 Å². The van der Waals surface area contributed by atoms with E-state index in [-0.39, 0.29) is 11.2 Å². The molecule has 0 bridgehead atoms. The number of hydrogen-bond donors (Lipinski definition) is 2. The average Bonchev–Trinajstić information content (AvgIpc) is 2.44. The van der Waals surface area contributed by atoms with Crippen LogP contribution in [-0.4, -0.2) is 11.7 Å². The molecule has 2 aromatic rings. The van der Waals surface area contributed by atoms with Gasteiger partial charge in [-0.15, -0.1) is 0 Å². The van der Waals surface area contributed by atoms with Crippen molar-refractivity contribution in [3.05, 3.63) is 65.5 Å². The molecule has 21 heavy (non-hydrogen) atoms. The normalized spacial score (nSPS) is 13.0. The van der Waals surface area contributed by atoms with E-state index in [1.54, 1.807) is 12.1 Å². The van der Waals surface area contributed by atoms with Gasteiger partial charge in [0.2, 0.25) is 0 Å². The number of halogens is 1. The Morgan fingerprint density at radius 3 is 2.48 bits per heavy atom. The summed E-state index contributed by atoms with van der Waals surface area (Å²) in [6.45, 7) is 6.79. The Labute approximate surface area is 125 Å². The van der Waals surface area contributed by atoms with E-state index < -0.39 is 6.10 Å². The lowest BCUT2D eigenvalue weighted by atomic mass is 9.86. The van der Waals surface area contributed by atoms with Gasteiger partial charge in [0, 0.05) is 12.2 Å². The highest BCUT2D eigenvalue weighted by Gasteiger charge is 2.18. The highest BCUT2D eigenvalue weighted by Crippen LogP contribution is 2.29. The second kappa shape index (κ2) is 6.27. The van der Waals surface area contributed by atoms with E-state index in [1.807, 2.05) is 18.2 Å². The van der Waals surface area contributed by atoms with Crippen LogP contribution in [0.4, 0.5) is 10.1 Å². The first-order valence-corrected chi connectivity index (χ1v) is 7.15. The van der Waals surface area contributed by atoms with Crippen LogP contribution in [0.1, 0.15) is 38.0 Å². The fourth-order valence-electron chi connectivity index (χ4n) is 2.33. The molecule has 2 aromatic carbocycles. The van der Waals surface area contributed by atoms with E-state index in [9.17, 15) is 9.50 Å². The predicted molar refractivity (Wildman–Crippen MR) is 85.0 cm³/mol. The molecule has 0 aliphatic rings. The SMILES string of the molecule is CC(C)(C)c1ccccc1NCC(O)c1cccc(F)c1. The van der Waals surface area contributed by atoms with E-state index in [0.29, 0.717) is 12.1 Å². The van der Waals surface area contributed by atoms with Gasteiger partial charge in [-0.1, -0.05) is 51.1 Å². The summed E-state index contributed by atoms with van der Waals surface area (Å²) in [6.07, 6.45) is -0.742. The van der Waals surface area contributed by atoms with Crippen molar-refractivity contribution in [3.8, 4) is 0 Å². The molecule has 0 amide bonds. The first kappa shape index (κ1) is 15.5. The number of hydrogen-bond acceptors (Lipinski definition) is 2. The van der Waals surface area contributed by atoms with Crippen LogP contribution < -0.4 is 5.32 Å². The molecule has 2 N–H and O–H groups in total. The van der Waals surface area contributed by atoms with E-state index in [1.165, 1.54) is 17.7 Å². The summed E-state index contributed by atoms with van der Waals surface area (Å²) in [4.78, 5) is 0. The molecule has 0 saturated heterocycles. The van der Waals surface area contributed by atoms with Gasteiger partial charge in [0.05, 0.1) is 6.10 Å². The van der Waals surface area contributed by atoms with Crippen LogP contribution in [0.25, 0.3) is 0 Å². The lowest BCUT2D eigenvalue weighted by molar-refractivity contribution is 0.191. The van der Waals surface area contributed by atoms with Gasteiger partial charge in [-0.25, -0.2) is 4.39 Å². The largest absolute Gasteiger partial charge is 0.387 e. The number of anilines is 1. The molecule has 112 valence electrons. The van der Waals surface area contributed by atoms with Crippen molar-refractivity contribution in [2.24, 2.45) is 0 Å². The second-order valence-corrected chi connectivity index (χ2v) is 6.25. The fourth-order valence-corrected chi connectivity index (χ4v) is 2.33. The number of aliphatic hydroxyl groups is 1. The predicted octanol–water partition coefficient (Wildman–Crippen LogP) is 4.27. The van der Waals surface area contributed by atoms with Crippen LogP contribution in [0.2, 0.25) is 0 Å². The molecule has 0 spiro atoms.